The first kappa shape index (κ1) is 21.4. The summed E-state index contributed by atoms with van der Waals surface area (Å²) in [6.45, 7) is 1.91. The van der Waals surface area contributed by atoms with E-state index in [-0.39, 0.29) is 5.56 Å². The van der Waals surface area contributed by atoms with Gasteiger partial charge in [-0.05, 0) is 61.0 Å². The van der Waals surface area contributed by atoms with Crippen LogP contribution in [0.25, 0.3) is 22.6 Å². The van der Waals surface area contributed by atoms with Gasteiger partial charge in [0.2, 0.25) is 0 Å². The first-order chi connectivity index (χ1) is 16.3. The molecule has 10 heteroatoms. The maximum atomic E-state index is 12.8. The van der Waals surface area contributed by atoms with Gasteiger partial charge in [0.15, 0.2) is 5.65 Å². The van der Waals surface area contributed by atoms with Crippen LogP contribution in [-0.4, -0.2) is 30.3 Å². The molecule has 0 radical (unpaired) electrons. The van der Waals surface area contributed by atoms with Crippen molar-refractivity contribution in [3.63, 3.8) is 0 Å². The first-order valence-corrected chi connectivity index (χ1v) is 10.2. The molecule has 1 N–H and O–H groups in total. The van der Waals surface area contributed by atoms with E-state index in [2.05, 4.69) is 20.5 Å². The molecule has 0 aliphatic carbocycles. The van der Waals surface area contributed by atoms with Gasteiger partial charge in [-0.1, -0.05) is 6.07 Å². The summed E-state index contributed by atoms with van der Waals surface area (Å²) in [6.07, 6.45) is 2.47. The van der Waals surface area contributed by atoms with Crippen molar-refractivity contribution in [2.75, 3.05) is 5.32 Å². The molecule has 3 heterocycles. The number of carbonyl (C=O) groups excluding carboxylic acids is 1. The third kappa shape index (κ3) is 4.01. The second kappa shape index (κ2) is 8.14. The predicted octanol–water partition coefficient (Wildman–Crippen LogP) is 5.16. The Kier molecular flexibility index (Phi) is 5.12. The molecule has 0 saturated heterocycles. The molecule has 5 rings (SSSR count). The number of halogens is 3. The molecule has 0 atom stereocenters. The molecule has 3 aromatic heterocycles. The quantitative estimate of drug-likeness (QED) is 0.400. The lowest BCUT2D eigenvalue weighted by molar-refractivity contribution is -0.137. The molecular weight excluding hydrogens is 445 g/mol. The molecule has 170 valence electrons. The number of nitrogens with zero attached hydrogens (tertiary/aromatic N) is 5. The van der Waals surface area contributed by atoms with Crippen LogP contribution in [0.4, 0.5) is 18.9 Å². The molecule has 2 aromatic carbocycles. The highest BCUT2D eigenvalue weighted by molar-refractivity contribution is 6.04. The average molecular weight is 462 g/mol. The summed E-state index contributed by atoms with van der Waals surface area (Å²) in [5.41, 5.74) is 3.76. The summed E-state index contributed by atoms with van der Waals surface area (Å²) in [7, 11) is 0. The summed E-state index contributed by atoms with van der Waals surface area (Å²) in [4.78, 5) is 16.9. The van der Waals surface area contributed by atoms with Gasteiger partial charge >= 0.3 is 6.18 Å². The summed E-state index contributed by atoms with van der Waals surface area (Å²) in [5, 5.41) is 11.5. The van der Waals surface area contributed by atoms with Gasteiger partial charge in [-0.2, -0.15) is 23.4 Å². The molecule has 0 aliphatic rings. The Morgan fingerprint density at radius 3 is 2.56 bits per heavy atom. The zero-order valence-electron chi connectivity index (χ0n) is 17.8. The highest BCUT2D eigenvalue weighted by Crippen LogP contribution is 2.29. The number of anilines is 1. The van der Waals surface area contributed by atoms with Gasteiger partial charge in [-0.25, -0.2) is 14.2 Å². The Labute approximate surface area is 191 Å². The molecule has 7 nitrogen and oxygen atoms in total. The molecule has 0 spiro atoms. The van der Waals surface area contributed by atoms with E-state index in [9.17, 15) is 18.0 Å². The molecule has 0 aliphatic heterocycles. The van der Waals surface area contributed by atoms with Crippen molar-refractivity contribution in [3.05, 3.63) is 96.1 Å². The Morgan fingerprint density at radius 2 is 1.79 bits per heavy atom. The van der Waals surface area contributed by atoms with Crippen LogP contribution < -0.4 is 5.32 Å². The number of hydrogen-bond acceptors (Lipinski definition) is 4. The normalized spacial score (nSPS) is 11.6. The van der Waals surface area contributed by atoms with Crippen LogP contribution in [0.1, 0.15) is 21.5 Å². The van der Waals surface area contributed by atoms with Gasteiger partial charge in [0.25, 0.3) is 5.91 Å². The van der Waals surface area contributed by atoms with Gasteiger partial charge in [-0.3, -0.25) is 4.79 Å². The van der Waals surface area contributed by atoms with Crippen LogP contribution in [0.15, 0.2) is 79.4 Å². The van der Waals surface area contributed by atoms with E-state index in [4.69, 9.17) is 0 Å². The zero-order valence-corrected chi connectivity index (χ0v) is 17.8. The summed E-state index contributed by atoms with van der Waals surface area (Å²) in [6, 6.07) is 13.0. The highest BCUT2D eigenvalue weighted by atomic mass is 19.4. The minimum absolute atomic E-state index is 0.122. The van der Waals surface area contributed by atoms with E-state index in [0.29, 0.717) is 5.69 Å². The fraction of sp³-hybridized carbons (Fsp3) is 0.0833. The molecule has 1 amide bonds. The Balaban J connectivity index is 1.40. The number of fused-ring (bicyclic) bond motifs is 1. The summed E-state index contributed by atoms with van der Waals surface area (Å²) in [5.74, 6) is -0.513. The van der Waals surface area contributed by atoms with Crippen molar-refractivity contribution in [1.82, 2.24) is 24.4 Å². The fourth-order valence-electron chi connectivity index (χ4n) is 3.56. The second-order valence-electron chi connectivity index (χ2n) is 7.64. The van der Waals surface area contributed by atoms with Crippen molar-refractivity contribution in [3.8, 4) is 16.9 Å². The molecule has 0 fully saturated rings. The smallest absolute Gasteiger partial charge is 0.322 e. The fourth-order valence-corrected chi connectivity index (χ4v) is 3.56. The van der Waals surface area contributed by atoms with Crippen LogP contribution in [-0.2, 0) is 6.18 Å². The third-order valence-corrected chi connectivity index (χ3v) is 5.34. The Morgan fingerprint density at radius 1 is 1.00 bits per heavy atom. The number of aromatic nitrogens is 5. The lowest BCUT2D eigenvalue weighted by Crippen LogP contribution is -2.13. The van der Waals surface area contributed by atoms with Crippen LogP contribution in [0.3, 0.4) is 0 Å². The lowest BCUT2D eigenvalue weighted by Gasteiger charge is -2.11. The number of benzene rings is 2. The maximum absolute atomic E-state index is 12.8. The van der Waals surface area contributed by atoms with Gasteiger partial charge in [0, 0.05) is 29.2 Å². The number of amides is 1. The molecule has 34 heavy (non-hydrogen) atoms. The minimum atomic E-state index is -4.46. The molecule has 0 saturated carbocycles. The Bertz CT molecular complexity index is 1500. The number of imidazole rings is 1. The number of rotatable bonds is 4. The second-order valence-corrected chi connectivity index (χ2v) is 7.64. The Hall–Kier alpha value is -4.47. The number of nitrogens with one attached hydrogen (secondary N) is 1. The topological polar surface area (TPSA) is 77.1 Å². The summed E-state index contributed by atoms with van der Waals surface area (Å²) < 4.78 is 41.7. The molecule has 5 aromatic rings. The van der Waals surface area contributed by atoms with E-state index in [1.54, 1.807) is 39.9 Å². The van der Waals surface area contributed by atoms with E-state index < -0.39 is 17.6 Å². The molecule has 0 unspecified atom stereocenters. The monoisotopic (exact) mass is 462 g/mol. The number of alkyl halides is 3. The molecular formula is C24H17F3N6O. The summed E-state index contributed by atoms with van der Waals surface area (Å²) >= 11 is 0. The van der Waals surface area contributed by atoms with Crippen LogP contribution >= 0.6 is 0 Å². The van der Waals surface area contributed by atoms with Gasteiger partial charge < -0.3 is 5.32 Å². The van der Waals surface area contributed by atoms with Crippen LogP contribution in [0.2, 0.25) is 0 Å². The largest absolute Gasteiger partial charge is 0.416 e. The average Bonchev–Trinajstić information content (AvgIpc) is 3.47. The predicted molar refractivity (Wildman–Crippen MR) is 120 cm³/mol. The highest BCUT2D eigenvalue weighted by Gasteiger charge is 2.30. The van der Waals surface area contributed by atoms with Gasteiger partial charge in [0.05, 0.1) is 29.3 Å². The number of carbonyl (C=O) groups is 1. The van der Waals surface area contributed by atoms with Crippen molar-refractivity contribution < 1.29 is 18.0 Å². The molecule has 0 bridgehead atoms. The van der Waals surface area contributed by atoms with E-state index in [1.807, 2.05) is 31.3 Å². The third-order valence-electron chi connectivity index (χ3n) is 5.34. The van der Waals surface area contributed by atoms with Crippen molar-refractivity contribution >= 4 is 17.2 Å². The van der Waals surface area contributed by atoms with E-state index in [1.165, 1.54) is 0 Å². The van der Waals surface area contributed by atoms with Gasteiger partial charge in [-0.15, -0.1) is 0 Å². The van der Waals surface area contributed by atoms with E-state index in [0.717, 1.165) is 52.4 Å². The minimum Gasteiger partial charge on any atom is -0.322 e. The van der Waals surface area contributed by atoms with Crippen molar-refractivity contribution in [2.45, 2.75) is 13.1 Å². The zero-order chi connectivity index (χ0) is 23.9. The first-order valence-electron chi connectivity index (χ1n) is 10.2. The maximum Gasteiger partial charge on any atom is 0.416 e. The van der Waals surface area contributed by atoms with Gasteiger partial charge in [0.1, 0.15) is 0 Å². The lowest BCUT2D eigenvalue weighted by atomic mass is 10.1. The number of aryl methyl sites for hydroxylation is 1. The number of hydrogen-bond donors (Lipinski definition) is 1. The van der Waals surface area contributed by atoms with Crippen LogP contribution in [0.5, 0.6) is 0 Å². The van der Waals surface area contributed by atoms with E-state index >= 15 is 0 Å². The standard InChI is InChI=1S/C24H17F3N6O/c1-15-4-9-19(31-23(34)16-5-7-18(8-6-16)24(25,26)27)11-20(15)32-14-17(12-30-32)21-13-28-22-3-2-10-29-33(21)22/h2-14H,1H3,(H,31,34). The van der Waals surface area contributed by atoms with Crippen molar-refractivity contribution in [2.24, 2.45) is 0 Å². The SMILES string of the molecule is Cc1ccc(NC(=O)c2ccc(C(F)(F)F)cc2)cc1-n1cc(-c2cnc3cccnn23)cn1. The van der Waals surface area contributed by atoms with Crippen LogP contribution in [0, 0.1) is 6.92 Å². The van der Waals surface area contributed by atoms with Crippen molar-refractivity contribution in [1.29, 1.82) is 0 Å².